The molecule has 10 heteroatoms. The molecule has 132 valence electrons. The monoisotopic (exact) mass is 372 g/mol. The van der Waals surface area contributed by atoms with Gasteiger partial charge in [0.1, 0.15) is 5.78 Å². The first kappa shape index (κ1) is 16.1. The van der Waals surface area contributed by atoms with E-state index in [2.05, 4.69) is 10.3 Å². The number of nitrogens with one attached hydrogen (secondary N) is 1. The van der Waals surface area contributed by atoms with Crippen molar-refractivity contribution in [3.63, 3.8) is 0 Å². The third kappa shape index (κ3) is 2.51. The highest BCUT2D eigenvalue weighted by atomic mass is 32.1. The number of rotatable bonds is 2. The molecule has 1 atom stereocenters. The number of ether oxygens (including phenoxy) is 2. The SMILES string of the molecule is O=C1CCC(C(=O)Nc2nc3cc4c(cc3s2)OCO4)(C(F)(F)F)C1. The molecule has 0 spiro atoms. The van der Waals surface area contributed by atoms with Gasteiger partial charge >= 0.3 is 6.18 Å². The maximum atomic E-state index is 13.4. The van der Waals surface area contributed by atoms with Gasteiger partial charge in [-0.05, 0) is 6.42 Å². The van der Waals surface area contributed by atoms with Gasteiger partial charge in [0.05, 0.1) is 10.2 Å². The van der Waals surface area contributed by atoms with E-state index in [0.717, 1.165) is 11.3 Å². The summed E-state index contributed by atoms with van der Waals surface area (Å²) in [5.74, 6) is -0.807. The number of halogens is 3. The van der Waals surface area contributed by atoms with Crippen molar-refractivity contribution < 1.29 is 32.2 Å². The van der Waals surface area contributed by atoms with Crippen LogP contribution in [0.2, 0.25) is 0 Å². The molecule has 6 nitrogen and oxygen atoms in total. The van der Waals surface area contributed by atoms with Gasteiger partial charge in [0.15, 0.2) is 22.0 Å². The van der Waals surface area contributed by atoms with E-state index in [1.54, 1.807) is 12.1 Å². The molecule has 1 aromatic heterocycles. The molecule has 1 aliphatic carbocycles. The molecule has 2 aromatic rings. The minimum Gasteiger partial charge on any atom is -0.454 e. The Hall–Kier alpha value is -2.36. The average molecular weight is 372 g/mol. The maximum Gasteiger partial charge on any atom is 0.403 e. The van der Waals surface area contributed by atoms with Crippen LogP contribution >= 0.6 is 11.3 Å². The molecule has 2 aliphatic rings. The van der Waals surface area contributed by atoms with Crippen LogP contribution in [-0.4, -0.2) is 29.6 Å². The Bertz CT molecular complexity index is 854. The van der Waals surface area contributed by atoms with Gasteiger partial charge < -0.3 is 14.8 Å². The number of amides is 1. The van der Waals surface area contributed by atoms with E-state index in [-0.39, 0.29) is 18.3 Å². The molecule has 1 saturated carbocycles. The molecule has 1 unspecified atom stereocenters. The predicted molar refractivity (Wildman–Crippen MR) is 81.7 cm³/mol. The van der Waals surface area contributed by atoms with E-state index in [4.69, 9.17) is 9.47 Å². The van der Waals surface area contributed by atoms with Gasteiger partial charge in [0.2, 0.25) is 12.7 Å². The van der Waals surface area contributed by atoms with Crippen molar-refractivity contribution >= 4 is 38.4 Å². The maximum absolute atomic E-state index is 13.4. The van der Waals surface area contributed by atoms with Gasteiger partial charge in [-0.15, -0.1) is 0 Å². The van der Waals surface area contributed by atoms with Gasteiger partial charge in [-0.3, -0.25) is 9.59 Å². The Morgan fingerprint density at radius 2 is 2.00 bits per heavy atom. The van der Waals surface area contributed by atoms with E-state index in [0.29, 0.717) is 21.7 Å². The van der Waals surface area contributed by atoms with E-state index >= 15 is 0 Å². The normalized spacial score (nSPS) is 22.6. The summed E-state index contributed by atoms with van der Waals surface area (Å²) >= 11 is 1.03. The average Bonchev–Trinajstić information content (AvgIpc) is 3.21. The number of ketones is 1. The fourth-order valence-corrected chi connectivity index (χ4v) is 3.89. The Balaban J connectivity index is 1.64. The predicted octanol–water partition coefficient (Wildman–Crippen LogP) is 3.27. The summed E-state index contributed by atoms with van der Waals surface area (Å²) in [7, 11) is 0. The summed E-state index contributed by atoms with van der Waals surface area (Å²) < 4.78 is 51.4. The number of alkyl halides is 3. The summed E-state index contributed by atoms with van der Waals surface area (Å²) in [5, 5.41) is 2.26. The quantitative estimate of drug-likeness (QED) is 0.876. The van der Waals surface area contributed by atoms with Crippen molar-refractivity contribution in [3.8, 4) is 11.5 Å². The molecule has 1 aromatic carbocycles. The van der Waals surface area contributed by atoms with E-state index in [1.807, 2.05) is 0 Å². The van der Waals surface area contributed by atoms with Crippen LogP contribution in [0, 0.1) is 5.41 Å². The Labute approximate surface area is 142 Å². The lowest BCUT2D eigenvalue weighted by atomic mass is 9.84. The van der Waals surface area contributed by atoms with E-state index in [1.165, 1.54) is 0 Å². The van der Waals surface area contributed by atoms with E-state index < -0.39 is 36.1 Å². The topological polar surface area (TPSA) is 77.5 Å². The molecule has 0 saturated heterocycles. The molecular weight excluding hydrogens is 361 g/mol. The number of carbonyl (C=O) groups is 2. The van der Waals surface area contributed by atoms with Gasteiger partial charge in [0, 0.05) is 25.0 Å². The van der Waals surface area contributed by atoms with Crippen molar-refractivity contribution in [1.29, 1.82) is 0 Å². The zero-order valence-corrected chi connectivity index (χ0v) is 13.4. The Morgan fingerprint density at radius 3 is 2.64 bits per heavy atom. The van der Waals surface area contributed by atoms with Crippen LogP contribution in [0.4, 0.5) is 18.3 Å². The first-order valence-electron chi connectivity index (χ1n) is 7.39. The van der Waals surface area contributed by atoms with E-state index in [9.17, 15) is 22.8 Å². The first-order chi connectivity index (χ1) is 11.8. The molecular formula is C15H11F3N2O4S. The van der Waals surface area contributed by atoms with Crippen LogP contribution in [0.15, 0.2) is 12.1 Å². The van der Waals surface area contributed by atoms with Gasteiger partial charge in [-0.2, -0.15) is 13.2 Å². The fourth-order valence-electron chi connectivity index (χ4n) is 3.02. The molecule has 1 amide bonds. The Kier molecular flexibility index (Phi) is 3.43. The summed E-state index contributed by atoms with van der Waals surface area (Å²) in [4.78, 5) is 27.9. The summed E-state index contributed by atoms with van der Waals surface area (Å²) in [5.41, 5.74) is -2.20. The van der Waals surface area contributed by atoms with Crippen molar-refractivity contribution in [2.24, 2.45) is 5.41 Å². The van der Waals surface area contributed by atoms with Crippen LogP contribution in [0.5, 0.6) is 11.5 Å². The smallest absolute Gasteiger partial charge is 0.403 e. The lowest BCUT2D eigenvalue weighted by Crippen LogP contribution is -2.46. The van der Waals surface area contributed by atoms with Crippen molar-refractivity contribution in [1.82, 2.24) is 4.98 Å². The fraction of sp³-hybridized carbons (Fsp3) is 0.400. The first-order valence-corrected chi connectivity index (χ1v) is 8.20. The van der Waals surface area contributed by atoms with Crippen molar-refractivity contribution in [2.75, 3.05) is 12.1 Å². The summed E-state index contributed by atoms with van der Waals surface area (Å²) in [6.45, 7) is 0.0956. The van der Waals surface area contributed by atoms with Crippen molar-refractivity contribution in [3.05, 3.63) is 12.1 Å². The largest absolute Gasteiger partial charge is 0.454 e. The third-order valence-corrected chi connectivity index (χ3v) is 5.34. The highest BCUT2D eigenvalue weighted by molar-refractivity contribution is 7.22. The number of thiazole rings is 1. The molecule has 4 rings (SSSR count). The Morgan fingerprint density at radius 1 is 1.28 bits per heavy atom. The number of hydrogen-bond donors (Lipinski definition) is 1. The molecule has 1 aliphatic heterocycles. The number of aromatic nitrogens is 1. The molecule has 1 N–H and O–H groups in total. The summed E-state index contributed by atoms with van der Waals surface area (Å²) in [6.07, 6.45) is -6.43. The summed E-state index contributed by atoms with van der Waals surface area (Å²) in [6, 6.07) is 3.26. The van der Waals surface area contributed by atoms with Crippen LogP contribution in [0.1, 0.15) is 19.3 Å². The molecule has 1 fully saturated rings. The van der Waals surface area contributed by atoms with Crippen molar-refractivity contribution in [2.45, 2.75) is 25.4 Å². The van der Waals surface area contributed by atoms with Crippen LogP contribution in [0.3, 0.4) is 0 Å². The van der Waals surface area contributed by atoms with Crippen LogP contribution in [0.25, 0.3) is 10.2 Å². The van der Waals surface area contributed by atoms with Gasteiger partial charge in [0.25, 0.3) is 0 Å². The lowest BCUT2D eigenvalue weighted by molar-refractivity contribution is -0.217. The van der Waals surface area contributed by atoms with Gasteiger partial charge in [-0.25, -0.2) is 4.98 Å². The zero-order chi connectivity index (χ0) is 17.8. The number of nitrogens with zero attached hydrogens (tertiary/aromatic N) is 1. The standard InChI is InChI=1S/C15H11F3N2O4S/c16-15(17,18)14(2-1-7(21)5-14)12(22)20-13-19-8-3-9-10(24-6-23-9)4-11(8)25-13/h3-4H,1-2,5-6H2,(H,19,20,22). The number of carbonyl (C=O) groups excluding carboxylic acids is 2. The second kappa shape index (κ2) is 5.32. The second-order valence-corrected chi connectivity index (χ2v) is 6.97. The second-order valence-electron chi connectivity index (χ2n) is 5.94. The zero-order valence-electron chi connectivity index (χ0n) is 12.6. The number of Topliss-reactive ketones (excluding diaryl/α,β-unsaturated/α-hetero) is 1. The molecule has 0 radical (unpaired) electrons. The molecule has 0 bridgehead atoms. The van der Waals surface area contributed by atoms with Gasteiger partial charge in [-0.1, -0.05) is 11.3 Å². The number of hydrogen-bond acceptors (Lipinski definition) is 6. The molecule has 25 heavy (non-hydrogen) atoms. The number of benzene rings is 1. The minimum absolute atomic E-state index is 0.0339. The highest BCUT2D eigenvalue weighted by Crippen LogP contribution is 2.50. The molecule has 2 heterocycles. The lowest BCUT2D eigenvalue weighted by Gasteiger charge is -2.28. The van der Waals surface area contributed by atoms with Crippen LogP contribution < -0.4 is 14.8 Å². The number of fused-ring (bicyclic) bond motifs is 2. The third-order valence-electron chi connectivity index (χ3n) is 4.41. The minimum atomic E-state index is -4.80. The highest BCUT2D eigenvalue weighted by Gasteiger charge is 2.63. The number of anilines is 1. The van der Waals surface area contributed by atoms with Crippen LogP contribution in [-0.2, 0) is 9.59 Å².